The number of nitrogens with zero attached hydrogens (tertiary/aromatic N) is 2. The van der Waals surface area contributed by atoms with Gasteiger partial charge in [-0.15, -0.1) is 0 Å². The van der Waals surface area contributed by atoms with E-state index in [1.807, 2.05) is 0 Å². The number of hydrogen-bond acceptors (Lipinski definition) is 5. The summed E-state index contributed by atoms with van der Waals surface area (Å²) in [5.41, 5.74) is 6.25. The Kier molecular flexibility index (Phi) is 4.60. The molecule has 1 heterocycles. The van der Waals surface area contributed by atoms with Crippen molar-refractivity contribution in [1.82, 2.24) is 10.1 Å². The minimum atomic E-state index is -0.142. The van der Waals surface area contributed by atoms with E-state index in [1.165, 1.54) is 44.9 Å². The summed E-state index contributed by atoms with van der Waals surface area (Å²) in [5.74, 6) is 1.90. The van der Waals surface area contributed by atoms with Gasteiger partial charge in [0.2, 0.25) is 11.7 Å². The van der Waals surface area contributed by atoms with E-state index in [4.69, 9.17) is 15.0 Å². The van der Waals surface area contributed by atoms with E-state index >= 15 is 0 Å². The second-order valence-electron chi connectivity index (χ2n) is 6.85. The summed E-state index contributed by atoms with van der Waals surface area (Å²) in [5, 5.41) is 4.17. The topological polar surface area (TPSA) is 74.2 Å². The molecule has 1 unspecified atom stereocenters. The molecule has 2 fully saturated rings. The van der Waals surface area contributed by atoms with E-state index in [-0.39, 0.29) is 11.6 Å². The zero-order valence-corrected chi connectivity index (χ0v) is 13.0. The van der Waals surface area contributed by atoms with Gasteiger partial charge in [-0.25, -0.2) is 0 Å². The van der Waals surface area contributed by atoms with Crippen LogP contribution < -0.4 is 5.73 Å². The molecule has 0 amide bonds. The van der Waals surface area contributed by atoms with Gasteiger partial charge in [0.05, 0.1) is 0 Å². The van der Waals surface area contributed by atoms with E-state index in [2.05, 4.69) is 10.1 Å². The minimum absolute atomic E-state index is 0.0277. The van der Waals surface area contributed by atoms with Crippen molar-refractivity contribution in [3.8, 4) is 0 Å². The molecule has 21 heavy (non-hydrogen) atoms. The number of nitrogens with two attached hydrogens (primary N) is 1. The third kappa shape index (κ3) is 3.46. The molecule has 118 valence electrons. The van der Waals surface area contributed by atoms with Crippen molar-refractivity contribution in [3.63, 3.8) is 0 Å². The van der Waals surface area contributed by atoms with Crippen molar-refractivity contribution in [2.45, 2.75) is 75.9 Å². The third-order valence-electron chi connectivity index (χ3n) is 5.17. The first-order valence-corrected chi connectivity index (χ1v) is 8.34. The lowest BCUT2D eigenvalue weighted by atomic mass is 9.85. The Hall–Kier alpha value is -0.940. The first kappa shape index (κ1) is 15.0. The normalized spacial score (nSPS) is 24.3. The number of hydrogen-bond donors (Lipinski definition) is 1. The number of aromatic nitrogens is 2. The van der Waals surface area contributed by atoms with Crippen LogP contribution in [0.4, 0.5) is 0 Å². The van der Waals surface area contributed by atoms with Gasteiger partial charge >= 0.3 is 0 Å². The zero-order chi connectivity index (χ0) is 14.7. The van der Waals surface area contributed by atoms with Crippen molar-refractivity contribution in [2.75, 3.05) is 7.11 Å². The largest absolute Gasteiger partial charge is 0.373 e. The van der Waals surface area contributed by atoms with Gasteiger partial charge in [-0.05, 0) is 31.6 Å². The highest BCUT2D eigenvalue weighted by Crippen LogP contribution is 2.36. The fourth-order valence-electron chi connectivity index (χ4n) is 3.96. The zero-order valence-electron chi connectivity index (χ0n) is 13.0. The highest BCUT2D eigenvalue weighted by atomic mass is 16.5. The van der Waals surface area contributed by atoms with Crippen LogP contribution in [0.25, 0.3) is 0 Å². The molecule has 2 N–H and O–H groups in total. The summed E-state index contributed by atoms with van der Waals surface area (Å²) in [6.45, 7) is 0. The van der Waals surface area contributed by atoms with Crippen LogP contribution in [0.3, 0.4) is 0 Å². The van der Waals surface area contributed by atoms with E-state index in [0.717, 1.165) is 12.8 Å². The third-order valence-corrected chi connectivity index (χ3v) is 5.17. The Morgan fingerprint density at radius 1 is 1.24 bits per heavy atom. The first-order chi connectivity index (χ1) is 10.2. The quantitative estimate of drug-likeness (QED) is 0.902. The maximum atomic E-state index is 6.39. The molecular weight excluding hydrogens is 266 g/mol. The van der Waals surface area contributed by atoms with Crippen LogP contribution in [-0.4, -0.2) is 22.8 Å². The average molecular weight is 293 g/mol. The summed E-state index contributed by atoms with van der Waals surface area (Å²) < 4.78 is 11.1. The van der Waals surface area contributed by atoms with Gasteiger partial charge in [0, 0.05) is 19.1 Å². The average Bonchev–Trinajstić information content (AvgIpc) is 3.11. The highest BCUT2D eigenvalue weighted by molar-refractivity contribution is 5.01. The second kappa shape index (κ2) is 6.44. The van der Waals surface area contributed by atoms with Crippen molar-refractivity contribution in [2.24, 2.45) is 11.7 Å². The van der Waals surface area contributed by atoms with Gasteiger partial charge in [-0.2, -0.15) is 4.98 Å². The van der Waals surface area contributed by atoms with Crippen LogP contribution in [-0.2, 0) is 11.2 Å². The SMILES string of the molecule is COC(c1noc(CC2(N)CCCC2)n1)C1CCCCC1. The Balaban J connectivity index is 1.67. The van der Waals surface area contributed by atoms with Crippen LogP contribution in [0.5, 0.6) is 0 Å². The molecule has 0 radical (unpaired) electrons. The molecule has 1 aromatic rings. The molecule has 3 rings (SSSR count). The van der Waals surface area contributed by atoms with Crippen LogP contribution in [0.2, 0.25) is 0 Å². The number of methoxy groups -OCH3 is 1. The molecule has 0 bridgehead atoms. The fourth-order valence-corrected chi connectivity index (χ4v) is 3.96. The molecule has 5 nitrogen and oxygen atoms in total. The Labute approximate surface area is 126 Å². The van der Waals surface area contributed by atoms with Gasteiger partial charge < -0.3 is 15.0 Å². The van der Waals surface area contributed by atoms with E-state index in [9.17, 15) is 0 Å². The molecule has 2 saturated carbocycles. The second-order valence-corrected chi connectivity index (χ2v) is 6.85. The number of ether oxygens (including phenoxy) is 1. The van der Waals surface area contributed by atoms with Gasteiger partial charge in [0.15, 0.2) is 0 Å². The molecule has 0 saturated heterocycles. The van der Waals surface area contributed by atoms with Crippen molar-refractivity contribution in [3.05, 3.63) is 11.7 Å². The maximum Gasteiger partial charge on any atom is 0.228 e. The molecule has 5 heteroatoms. The molecule has 1 atom stereocenters. The Bertz CT molecular complexity index is 448. The van der Waals surface area contributed by atoms with E-state index in [1.54, 1.807) is 7.11 Å². The van der Waals surface area contributed by atoms with Crippen LogP contribution >= 0.6 is 0 Å². The molecule has 1 aromatic heterocycles. The summed E-state index contributed by atoms with van der Waals surface area (Å²) in [6, 6.07) is 0. The Morgan fingerprint density at radius 2 is 1.95 bits per heavy atom. The minimum Gasteiger partial charge on any atom is -0.373 e. The van der Waals surface area contributed by atoms with Crippen molar-refractivity contribution in [1.29, 1.82) is 0 Å². The summed E-state index contributed by atoms with van der Waals surface area (Å²) in [6.07, 6.45) is 11.5. The monoisotopic (exact) mass is 293 g/mol. The predicted octanol–water partition coefficient (Wildman–Crippen LogP) is 3.15. The van der Waals surface area contributed by atoms with Crippen LogP contribution in [0, 0.1) is 5.92 Å². The van der Waals surface area contributed by atoms with Crippen molar-refractivity contribution >= 4 is 0 Å². The van der Waals surface area contributed by atoms with Crippen LogP contribution in [0.1, 0.15) is 75.6 Å². The molecule has 2 aliphatic carbocycles. The predicted molar refractivity (Wildman–Crippen MR) is 79.7 cm³/mol. The molecule has 2 aliphatic rings. The molecule has 0 aromatic carbocycles. The Morgan fingerprint density at radius 3 is 2.62 bits per heavy atom. The number of rotatable bonds is 5. The molecule has 0 spiro atoms. The highest BCUT2D eigenvalue weighted by Gasteiger charge is 2.33. The van der Waals surface area contributed by atoms with Gasteiger partial charge in [-0.1, -0.05) is 37.3 Å². The summed E-state index contributed by atoms with van der Waals surface area (Å²) >= 11 is 0. The van der Waals surface area contributed by atoms with Gasteiger partial charge in [-0.3, -0.25) is 0 Å². The lowest BCUT2D eigenvalue weighted by Crippen LogP contribution is -2.38. The smallest absolute Gasteiger partial charge is 0.228 e. The van der Waals surface area contributed by atoms with Crippen LogP contribution in [0.15, 0.2) is 4.52 Å². The lowest BCUT2D eigenvalue weighted by molar-refractivity contribution is 0.0273. The lowest BCUT2D eigenvalue weighted by Gasteiger charge is -2.26. The molecular formula is C16H27N3O2. The maximum absolute atomic E-state index is 6.39. The van der Waals surface area contributed by atoms with Gasteiger partial charge in [0.25, 0.3) is 0 Å². The standard InChI is InChI=1S/C16H27N3O2/c1-20-14(12-7-3-2-4-8-12)15-18-13(21-19-15)11-16(17)9-5-6-10-16/h12,14H,2-11,17H2,1H3. The van der Waals surface area contributed by atoms with Gasteiger partial charge in [0.1, 0.15) is 6.10 Å². The van der Waals surface area contributed by atoms with Crippen molar-refractivity contribution < 1.29 is 9.26 Å². The first-order valence-electron chi connectivity index (χ1n) is 8.34. The van der Waals surface area contributed by atoms with E-state index in [0.29, 0.717) is 24.1 Å². The van der Waals surface area contributed by atoms with E-state index < -0.39 is 0 Å². The summed E-state index contributed by atoms with van der Waals surface area (Å²) in [4.78, 5) is 4.58. The summed E-state index contributed by atoms with van der Waals surface area (Å²) in [7, 11) is 1.75. The molecule has 0 aliphatic heterocycles. The fraction of sp³-hybridized carbons (Fsp3) is 0.875.